The molecule has 1 unspecified atom stereocenters. The monoisotopic (exact) mass is 364 g/mol. The van der Waals surface area contributed by atoms with Crippen molar-refractivity contribution < 1.29 is 24.2 Å². The predicted molar refractivity (Wildman–Crippen MR) is 93.0 cm³/mol. The summed E-state index contributed by atoms with van der Waals surface area (Å²) in [4.78, 5) is 27.8. The van der Waals surface area contributed by atoms with Gasteiger partial charge in [-0.2, -0.15) is 0 Å². The summed E-state index contributed by atoms with van der Waals surface area (Å²) in [5.41, 5.74) is 1.04. The van der Waals surface area contributed by atoms with E-state index in [9.17, 15) is 14.7 Å². The molecule has 0 saturated carbocycles. The molecule has 134 valence electrons. The fourth-order valence-corrected chi connectivity index (χ4v) is 3.04. The molecule has 0 aliphatic carbocycles. The van der Waals surface area contributed by atoms with Crippen molar-refractivity contribution in [2.24, 2.45) is 5.92 Å². The minimum atomic E-state index is -0.982. The standard InChI is InChI=1S/C17H20N2O5S/c1-23-9-15-19-13(10-25-15)16(20)18-8-12(17(21)22)7-11-5-3-4-6-14(11)24-2/h3-6,10,12H,7-9H2,1-2H3,(H,18,20)(H,21,22). The molecule has 7 nitrogen and oxygen atoms in total. The molecule has 0 bridgehead atoms. The van der Waals surface area contributed by atoms with Crippen LogP contribution in [-0.4, -0.2) is 42.7 Å². The first-order valence-corrected chi connectivity index (χ1v) is 8.49. The van der Waals surface area contributed by atoms with E-state index in [1.54, 1.807) is 18.6 Å². The van der Waals surface area contributed by atoms with Crippen molar-refractivity contribution in [3.63, 3.8) is 0 Å². The van der Waals surface area contributed by atoms with Gasteiger partial charge < -0.3 is 19.9 Å². The Morgan fingerprint density at radius 1 is 1.32 bits per heavy atom. The van der Waals surface area contributed by atoms with Crippen LogP contribution in [-0.2, 0) is 22.6 Å². The normalized spacial score (nSPS) is 11.8. The maximum atomic E-state index is 12.1. The Morgan fingerprint density at radius 3 is 2.76 bits per heavy atom. The second kappa shape index (κ2) is 9.14. The molecule has 0 saturated heterocycles. The minimum Gasteiger partial charge on any atom is -0.496 e. The van der Waals surface area contributed by atoms with Gasteiger partial charge in [-0.25, -0.2) is 4.98 Å². The molecule has 25 heavy (non-hydrogen) atoms. The molecule has 0 aliphatic rings. The Labute approximate surface area is 149 Å². The van der Waals surface area contributed by atoms with Crippen LogP contribution in [0.25, 0.3) is 0 Å². The molecular weight excluding hydrogens is 344 g/mol. The number of amides is 1. The molecule has 1 amide bonds. The van der Waals surface area contributed by atoms with E-state index in [2.05, 4.69) is 10.3 Å². The zero-order valence-electron chi connectivity index (χ0n) is 14.0. The highest BCUT2D eigenvalue weighted by atomic mass is 32.1. The number of nitrogens with one attached hydrogen (secondary N) is 1. The van der Waals surface area contributed by atoms with Gasteiger partial charge in [0.1, 0.15) is 16.5 Å². The first-order valence-electron chi connectivity index (χ1n) is 7.61. The third-order valence-electron chi connectivity index (χ3n) is 3.57. The van der Waals surface area contributed by atoms with Gasteiger partial charge in [-0.15, -0.1) is 11.3 Å². The number of nitrogens with zero attached hydrogens (tertiary/aromatic N) is 1. The summed E-state index contributed by atoms with van der Waals surface area (Å²) in [7, 11) is 3.09. The van der Waals surface area contributed by atoms with Crippen LogP contribution in [0.4, 0.5) is 0 Å². The van der Waals surface area contributed by atoms with Gasteiger partial charge in [0, 0.05) is 19.0 Å². The second-order valence-corrected chi connectivity index (χ2v) is 6.26. The van der Waals surface area contributed by atoms with Gasteiger partial charge in [0.25, 0.3) is 5.91 Å². The third kappa shape index (κ3) is 5.27. The number of carboxylic acids is 1. The number of carbonyl (C=O) groups is 2. The van der Waals surface area contributed by atoms with Gasteiger partial charge in [0.2, 0.25) is 0 Å². The lowest BCUT2D eigenvalue weighted by molar-refractivity contribution is -0.141. The Hall–Kier alpha value is -2.45. The first-order chi connectivity index (χ1) is 12.0. The number of carboxylic acid groups (broad SMARTS) is 1. The summed E-state index contributed by atoms with van der Waals surface area (Å²) in [6.07, 6.45) is 0.256. The van der Waals surface area contributed by atoms with Crippen molar-refractivity contribution in [3.05, 3.63) is 45.9 Å². The van der Waals surface area contributed by atoms with Gasteiger partial charge in [-0.1, -0.05) is 18.2 Å². The lowest BCUT2D eigenvalue weighted by Gasteiger charge is -2.15. The summed E-state index contributed by atoms with van der Waals surface area (Å²) >= 11 is 1.32. The Bertz CT molecular complexity index is 731. The maximum absolute atomic E-state index is 12.1. The summed E-state index contributed by atoms with van der Waals surface area (Å²) in [6, 6.07) is 7.23. The fourth-order valence-electron chi connectivity index (χ4n) is 2.30. The van der Waals surface area contributed by atoms with Crippen LogP contribution in [0.15, 0.2) is 29.6 Å². The number of ether oxygens (including phenoxy) is 2. The van der Waals surface area contributed by atoms with Crippen molar-refractivity contribution >= 4 is 23.2 Å². The van der Waals surface area contributed by atoms with E-state index < -0.39 is 17.8 Å². The third-order valence-corrected chi connectivity index (χ3v) is 4.39. The highest BCUT2D eigenvalue weighted by Crippen LogP contribution is 2.21. The molecule has 2 rings (SSSR count). The van der Waals surface area contributed by atoms with Crippen LogP contribution in [0.3, 0.4) is 0 Å². The zero-order valence-corrected chi connectivity index (χ0v) is 14.8. The Kier molecular flexibility index (Phi) is 6.91. The quantitative estimate of drug-likeness (QED) is 0.706. The number of methoxy groups -OCH3 is 2. The van der Waals surface area contributed by atoms with E-state index in [-0.39, 0.29) is 18.7 Å². The lowest BCUT2D eigenvalue weighted by atomic mass is 9.98. The number of hydrogen-bond acceptors (Lipinski definition) is 6. The molecule has 1 aromatic carbocycles. The number of rotatable bonds is 9. The SMILES string of the molecule is COCc1nc(C(=O)NCC(Cc2ccccc2OC)C(=O)O)cs1. The average Bonchev–Trinajstić information content (AvgIpc) is 3.07. The number of hydrogen-bond donors (Lipinski definition) is 2. The van der Waals surface area contributed by atoms with E-state index >= 15 is 0 Å². The number of benzene rings is 1. The van der Waals surface area contributed by atoms with E-state index in [1.807, 2.05) is 18.2 Å². The Morgan fingerprint density at radius 2 is 2.08 bits per heavy atom. The fraction of sp³-hybridized carbons (Fsp3) is 0.353. The van der Waals surface area contributed by atoms with Gasteiger partial charge in [-0.05, 0) is 18.1 Å². The summed E-state index contributed by atoms with van der Waals surface area (Å²) in [5.74, 6) is -1.52. The maximum Gasteiger partial charge on any atom is 0.308 e. The first kappa shape index (κ1) is 18.9. The molecule has 0 radical (unpaired) electrons. The summed E-state index contributed by atoms with van der Waals surface area (Å²) < 4.78 is 10.2. The van der Waals surface area contributed by atoms with E-state index in [4.69, 9.17) is 9.47 Å². The Balaban J connectivity index is 1.99. The van der Waals surface area contributed by atoms with E-state index in [1.165, 1.54) is 18.4 Å². The molecule has 1 aromatic heterocycles. The molecule has 1 heterocycles. The summed E-state index contributed by atoms with van der Waals surface area (Å²) in [6.45, 7) is 0.340. The van der Waals surface area contributed by atoms with Gasteiger partial charge in [-0.3, -0.25) is 9.59 Å². The highest BCUT2D eigenvalue weighted by Gasteiger charge is 2.21. The molecule has 1 atom stereocenters. The van der Waals surface area contributed by atoms with E-state index in [0.29, 0.717) is 17.4 Å². The minimum absolute atomic E-state index is 0.00333. The van der Waals surface area contributed by atoms with Crippen LogP contribution in [0, 0.1) is 5.92 Å². The molecule has 0 spiro atoms. The van der Waals surface area contributed by atoms with Crippen LogP contribution in [0.1, 0.15) is 21.1 Å². The van der Waals surface area contributed by atoms with Crippen LogP contribution < -0.4 is 10.1 Å². The van der Waals surface area contributed by atoms with Crippen LogP contribution in [0.2, 0.25) is 0 Å². The molecule has 0 fully saturated rings. The number of aromatic nitrogens is 1. The van der Waals surface area contributed by atoms with Gasteiger partial charge >= 0.3 is 5.97 Å². The molecule has 2 N–H and O–H groups in total. The average molecular weight is 364 g/mol. The smallest absolute Gasteiger partial charge is 0.308 e. The molecule has 0 aliphatic heterocycles. The number of carbonyl (C=O) groups excluding carboxylic acids is 1. The van der Waals surface area contributed by atoms with E-state index in [0.717, 1.165) is 5.56 Å². The van der Waals surface area contributed by atoms with Gasteiger partial charge in [0.15, 0.2) is 0 Å². The van der Waals surface area contributed by atoms with Crippen molar-refractivity contribution in [1.29, 1.82) is 0 Å². The zero-order chi connectivity index (χ0) is 18.2. The molecular formula is C17H20N2O5S. The van der Waals surface area contributed by atoms with Gasteiger partial charge in [0.05, 0.1) is 19.6 Å². The van der Waals surface area contributed by atoms with Crippen LogP contribution >= 0.6 is 11.3 Å². The second-order valence-electron chi connectivity index (χ2n) is 5.32. The molecule has 8 heteroatoms. The summed E-state index contributed by atoms with van der Waals surface area (Å²) in [5, 5.41) is 14.4. The van der Waals surface area contributed by atoms with Crippen molar-refractivity contribution in [3.8, 4) is 5.75 Å². The lowest BCUT2D eigenvalue weighted by Crippen LogP contribution is -2.34. The highest BCUT2D eigenvalue weighted by molar-refractivity contribution is 7.09. The number of aliphatic carboxylic acids is 1. The van der Waals surface area contributed by atoms with Crippen molar-refractivity contribution in [2.45, 2.75) is 13.0 Å². The van der Waals surface area contributed by atoms with Crippen molar-refractivity contribution in [1.82, 2.24) is 10.3 Å². The number of thiazole rings is 1. The largest absolute Gasteiger partial charge is 0.496 e. The van der Waals surface area contributed by atoms with Crippen LogP contribution in [0.5, 0.6) is 5.75 Å². The predicted octanol–water partition coefficient (Wildman–Crippen LogP) is 1.97. The number of para-hydroxylation sites is 1. The van der Waals surface area contributed by atoms with Crippen molar-refractivity contribution in [2.75, 3.05) is 20.8 Å². The molecule has 2 aromatic rings. The topological polar surface area (TPSA) is 97.8 Å².